The molecule has 138 valence electrons. The maximum Gasteiger partial charge on any atom is 0.433 e. The molecule has 8 heteroatoms. The van der Waals surface area contributed by atoms with Crippen molar-refractivity contribution in [2.45, 2.75) is 31.5 Å². The molecule has 0 radical (unpaired) electrons. The molecule has 1 aromatic rings. The summed E-state index contributed by atoms with van der Waals surface area (Å²) >= 11 is -0.602. The molecule has 4 nitrogen and oxygen atoms in total. The fourth-order valence-corrected chi connectivity index (χ4v) is 6.14. The zero-order valence-corrected chi connectivity index (χ0v) is 14.8. The fraction of sp³-hybridized carbons (Fsp3) is 0.706. The highest BCUT2D eigenvalue weighted by Gasteiger charge is 2.53. The summed E-state index contributed by atoms with van der Waals surface area (Å²) in [5.74, 6) is 1.72. The predicted octanol–water partition coefficient (Wildman–Crippen LogP) is 2.52. The molecule has 1 aromatic heterocycles. The van der Waals surface area contributed by atoms with E-state index in [1.54, 1.807) is 0 Å². The molecule has 3 saturated heterocycles. The molecule has 0 aromatic carbocycles. The monoisotopic (exact) mass is 373 g/mol. The van der Waals surface area contributed by atoms with Crippen LogP contribution in [0.15, 0.2) is 18.3 Å². The van der Waals surface area contributed by atoms with Crippen LogP contribution in [0.4, 0.5) is 18.9 Å². The van der Waals surface area contributed by atoms with Crippen LogP contribution in [-0.2, 0) is 17.4 Å². The third kappa shape index (κ3) is 3.48. The van der Waals surface area contributed by atoms with Crippen LogP contribution in [0.25, 0.3) is 0 Å². The van der Waals surface area contributed by atoms with E-state index in [4.69, 9.17) is 0 Å². The predicted molar refractivity (Wildman–Crippen MR) is 91.0 cm³/mol. The summed E-state index contributed by atoms with van der Waals surface area (Å²) in [6, 6.07) is 3.11. The molecule has 0 saturated carbocycles. The Morgan fingerprint density at radius 3 is 2.44 bits per heavy atom. The van der Waals surface area contributed by atoms with Gasteiger partial charge in [-0.1, -0.05) is 11.2 Å². The molecule has 4 heterocycles. The van der Waals surface area contributed by atoms with Crippen molar-refractivity contribution < 1.29 is 17.7 Å². The Morgan fingerprint density at radius 1 is 1.16 bits per heavy atom. The van der Waals surface area contributed by atoms with Gasteiger partial charge in [-0.15, -0.1) is 0 Å². The number of halogens is 3. The van der Waals surface area contributed by atoms with Gasteiger partial charge in [0.2, 0.25) is 0 Å². The molecule has 0 bridgehead atoms. The Kier molecular flexibility index (Phi) is 4.40. The van der Waals surface area contributed by atoms with E-state index in [1.165, 1.54) is 12.3 Å². The Balaban J connectivity index is 1.31. The first-order valence-electron chi connectivity index (χ1n) is 8.72. The highest BCUT2D eigenvalue weighted by molar-refractivity contribution is 7.92. The van der Waals surface area contributed by atoms with E-state index in [2.05, 4.69) is 14.8 Å². The average molecular weight is 373 g/mol. The van der Waals surface area contributed by atoms with Crippen molar-refractivity contribution in [3.05, 3.63) is 24.0 Å². The van der Waals surface area contributed by atoms with Crippen LogP contribution in [0.2, 0.25) is 0 Å². The lowest BCUT2D eigenvalue weighted by Crippen LogP contribution is -2.52. The van der Waals surface area contributed by atoms with Gasteiger partial charge in [0.05, 0.1) is 17.3 Å². The van der Waals surface area contributed by atoms with E-state index < -0.39 is 23.0 Å². The van der Waals surface area contributed by atoms with Gasteiger partial charge in [0.15, 0.2) is 0 Å². The van der Waals surface area contributed by atoms with Crippen molar-refractivity contribution in [1.82, 2.24) is 9.88 Å². The van der Waals surface area contributed by atoms with Gasteiger partial charge >= 0.3 is 6.18 Å². The number of likely N-dealkylation sites (tertiary alicyclic amines) is 1. The lowest BCUT2D eigenvalue weighted by atomic mass is 9.91. The molecular weight excluding hydrogens is 351 g/mol. The molecule has 3 aliphatic heterocycles. The number of hydrogen-bond donors (Lipinski definition) is 0. The molecule has 4 rings (SSSR count). The third-order valence-corrected chi connectivity index (χ3v) is 7.66. The Bertz CT molecular complexity index is 611. The number of pyridine rings is 1. The van der Waals surface area contributed by atoms with E-state index in [9.17, 15) is 17.7 Å². The van der Waals surface area contributed by atoms with Crippen molar-refractivity contribution in [2.75, 3.05) is 42.6 Å². The number of nitrogens with zero attached hydrogens (tertiary/aromatic N) is 3. The van der Waals surface area contributed by atoms with Crippen LogP contribution >= 0.6 is 0 Å². The van der Waals surface area contributed by atoms with Gasteiger partial charge in [-0.3, -0.25) is 4.90 Å². The van der Waals surface area contributed by atoms with Crippen molar-refractivity contribution in [3.63, 3.8) is 0 Å². The normalized spacial score (nSPS) is 31.5. The van der Waals surface area contributed by atoms with Crippen LogP contribution in [0.5, 0.6) is 0 Å². The maximum atomic E-state index is 12.6. The number of piperidine rings is 1. The highest BCUT2D eigenvalue weighted by atomic mass is 32.2. The second-order valence-corrected chi connectivity index (χ2v) is 9.02. The summed E-state index contributed by atoms with van der Waals surface area (Å²) in [5.41, 5.74) is 0.226. The standard InChI is InChI=1S/C17H22F3N3OS/c18-17(19,20)15-2-1-14(9-21-15)22-6-3-13(4-7-22)23-8-5-16(10-23)11-25(24)12-16/h1-2,9,13H,3-8,10-12H2. The van der Waals surface area contributed by atoms with Gasteiger partial charge in [0.1, 0.15) is 17.2 Å². The minimum atomic E-state index is -4.39. The van der Waals surface area contributed by atoms with Gasteiger partial charge in [-0.25, -0.2) is 4.98 Å². The number of aromatic nitrogens is 1. The summed E-state index contributed by atoms with van der Waals surface area (Å²) in [4.78, 5) is 8.22. The minimum absolute atomic E-state index is 0.305. The van der Waals surface area contributed by atoms with Crippen LogP contribution in [0.1, 0.15) is 25.0 Å². The SMILES string of the molecule is [O-][S+]1CC2(CCN(C3CCN(c4ccc(C(F)(F)F)nc4)CC3)C2)C1. The number of anilines is 1. The first-order valence-corrected chi connectivity index (χ1v) is 10.2. The maximum absolute atomic E-state index is 12.6. The molecule has 3 fully saturated rings. The van der Waals surface area contributed by atoms with E-state index in [0.717, 1.165) is 68.7 Å². The van der Waals surface area contributed by atoms with Crippen LogP contribution in [0, 0.1) is 5.41 Å². The number of hydrogen-bond acceptors (Lipinski definition) is 4. The lowest BCUT2D eigenvalue weighted by molar-refractivity contribution is -0.141. The smallest absolute Gasteiger partial charge is 0.433 e. The number of rotatable bonds is 2. The molecular formula is C17H22F3N3OS. The fourth-order valence-electron chi connectivity index (χ4n) is 4.39. The van der Waals surface area contributed by atoms with Gasteiger partial charge in [0.25, 0.3) is 0 Å². The lowest BCUT2D eigenvalue weighted by Gasteiger charge is -2.41. The van der Waals surface area contributed by atoms with Crippen molar-refractivity contribution in [1.29, 1.82) is 0 Å². The summed E-state index contributed by atoms with van der Waals surface area (Å²) in [7, 11) is 0. The molecule has 0 amide bonds. The Labute approximate surface area is 148 Å². The molecule has 0 aliphatic carbocycles. The van der Waals surface area contributed by atoms with Crippen molar-refractivity contribution in [3.8, 4) is 0 Å². The van der Waals surface area contributed by atoms with Gasteiger partial charge in [-0.2, -0.15) is 13.2 Å². The van der Waals surface area contributed by atoms with Crippen LogP contribution < -0.4 is 4.90 Å². The second-order valence-electron chi connectivity index (χ2n) is 7.57. The van der Waals surface area contributed by atoms with E-state index >= 15 is 0 Å². The zero-order valence-electron chi connectivity index (χ0n) is 14.0. The topological polar surface area (TPSA) is 42.4 Å². The minimum Gasteiger partial charge on any atom is -0.616 e. The summed E-state index contributed by atoms with van der Waals surface area (Å²) < 4.78 is 49.3. The van der Waals surface area contributed by atoms with Crippen LogP contribution in [-0.4, -0.2) is 58.2 Å². The van der Waals surface area contributed by atoms with E-state index in [0.29, 0.717) is 11.5 Å². The first-order chi connectivity index (χ1) is 11.8. The molecule has 0 atom stereocenters. The van der Waals surface area contributed by atoms with Gasteiger partial charge < -0.3 is 9.45 Å². The second kappa shape index (κ2) is 6.32. The summed E-state index contributed by atoms with van der Waals surface area (Å²) in [6.07, 6.45) is 0.127. The molecule has 3 aliphatic rings. The summed E-state index contributed by atoms with van der Waals surface area (Å²) in [5, 5.41) is 0. The Hall–Kier alpha value is -0.990. The van der Waals surface area contributed by atoms with E-state index in [1.807, 2.05) is 0 Å². The zero-order chi connectivity index (χ0) is 17.7. The van der Waals surface area contributed by atoms with Gasteiger partial charge in [0, 0.05) is 25.7 Å². The largest absolute Gasteiger partial charge is 0.616 e. The molecule has 25 heavy (non-hydrogen) atoms. The Morgan fingerprint density at radius 2 is 1.88 bits per heavy atom. The van der Waals surface area contributed by atoms with E-state index in [-0.39, 0.29) is 0 Å². The highest BCUT2D eigenvalue weighted by Crippen LogP contribution is 2.42. The molecule has 0 N–H and O–H groups in total. The molecule has 0 unspecified atom stereocenters. The quantitative estimate of drug-likeness (QED) is 0.747. The average Bonchev–Trinajstić information content (AvgIpc) is 2.99. The van der Waals surface area contributed by atoms with Crippen LogP contribution in [0.3, 0.4) is 0 Å². The third-order valence-electron chi connectivity index (χ3n) is 5.79. The van der Waals surface area contributed by atoms with Crippen molar-refractivity contribution >= 4 is 16.9 Å². The molecule has 1 spiro atoms. The number of alkyl halides is 3. The summed E-state index contributed by atoms with van der Waals surface area (Å²) in [6.45, 7) is 3.83. The van der Waals surface area contributed by atoms with Gasteiger partial charge in [-0.05, 0) is 37.9 Å². The van der Waals surface area contributed by atoms with Crippen molar-refractivity contribution in [2.24, 2.45) is 5.41 Å². The first kappa shape index (κ1) is 17.4.